The van der Waals surface area contributed by atoms with Gasteiger partial charge in [-0.2, -0.15) is 0 Å². The van der Waals surface area contributed by atoms with E-state index in [1.807, 2.05) is 9.80 Å². The summed E-state index contributed by atoms with van der Waals surface area (Å²) in [6.07, 6.45) is 0.890. The van der Waals surface area contributed by atoms with E-state index < -0.39 is 0 Å². The number of rotatable bonds is 3. The lowest BCUT2D eigenvalue weighted by molar-refractivity contribution is -0.136. The summed E-state index contributed by atoms with van der Waals surface area (Å²) in [7, 11) is 0. The standard InChI is InChI=1S/C18H24FN3O2.2ClH/c1-12-15(5-6-20-12)18(24)22-9-7-21(8-10-22)17-4-3-14(13(2)23)11-16(17)19;;/h3-4,11-12,15,20H,5-10H2,1-2H3;2*1H. The Bertz CT molecular complexity index is 651. The average molecular weight is 406 g/mol. The summed E-state index contributed by atoms with van der Waals surface area (Å²) in [6, 6.07) is 4.84. The van der Waals surface area contributed by atoms with Crippen LogP contribution in [-0.2, 0) is 4.79 Å². The van der Waals surface area contributed by atoms with Crippen LogP contribution in [0, 0.1) is 11.7 Å². The first-order chi connectivity index (χ1) is 11.5. The zero-order chi connectivity index (χ0) is 17.3. The van der Waals surface area contributed by atoms with Crippen LogP contribution in [0.15, 0.2) is 18.2 Å². The van der Waals surface area contributed by atoms with Crippen LogP contribution in [0.2, 0.25) is 0 Å². The van der Waals surface area contributed by atoms with Crippen LogP contribution in [0.5, 0.6) is 0 Å². The van der Waals surface area contributed by atoms with E-state index in [1.54, 1.807) is 12.1 Å². The lowest BCUT2D eigenvalue weighted by Gasteiger charge is -2.37. The Kier molecular flexibility index (Phi) is 8.31. The number of nitrogens with one attached hydrogen (secondary N) is 1. The molecule has 1 aromatic carbocycles. The van der Waals surface area contributed by atoms with E-state index in [0.29, 0.717) is 37.4 Å². The molecule has 26 heavy (non-hydrogen) atoms. The SMILES string of the molecule is CC(=O)c1ccc(N2CCN(C(=O)C3CCNC3C)CC2)c(F)c1.Cl.Cl. The fourth-order valence-corrected chi connectivity index (χ4v) is 3.58. The molecule has 0 radical (unpaired) electrons. The Labute approximate surface area is 166 Å². The monoisotopic (exact) mass is 405 g/mol. The molecule has 2 heterocycles. The summed E-state index contributed by atoms with van der Waals surface area (Å²) in [5.74, 6) is -0.256. The molecule has 1 N–H and O–H groups in total. The van der Waals surface area contributed by atoms with E-state index in [0.717, 1.165) is 13.0 Å². The number of piperazine rings is 1. The topological polar surface area (TPSA) is 52.7 Å². The van der Waals surface area contributed by atoms with Crippen molar-refractivity contribution >= 4 is 42.2 Å². The smallest absolute Gasteiger partial charge is 0.227 e. The maximum atomic E-state index is 14.3. The van der Waals surface area contributed by atoms with Gasteiger partial charge in [-0.1, -0.05) is 0 Å². The first-order valence-corrected chi connectivity index (χ1v) is 8.55. The van der Waals surface area contributed by atoms with Crippen molar-refractivity contribution in [2.75, 3.05) is 37.6 Å². The molecule has 2 aliphatic rings. The Balaban J connectivity index is 0.00000169. The van der Waals surface area contributed by atoms with Crippen molar-refractivity contribution < 1.29 is 14.0 Å². The molecule has 0 bridgehead atoms. The van der Waals surface area contributed by atoms with Gasteiger partial charge in [0, 0.05) is 37.8 Å². The third-order valence-electron chi connectivity index (χ3n) is 5.13. The second kappa shape index (κ2) is 9.53. The molecule has 2 fully saturated rings. The maximum absolute atomic E-state index is 14.3. The molecule has 0 saturated carbocycles. The predicted octanol–water partition coefficient (Wildman–Crippen LogP) is 2.52. The van der Waals surface area contributed by atoms with Crippen LogP contribution < -0.4 is 10.2 Å². The van der Waals surface area contributed by atoms with Crippen molar-refractivity contribution in [1.82, 2.24) is 10.2 Å². The van der Waals surface area contributed by atoms with E-state index >= 15 is 0 Å². The highest BCUT2D eigenvalue weighted by Gasteiger charge is 2.34. The number of Topliss-reactive ketones (excluding diaryl/α,β-unsaturated/α-hetero) is 1. The van der Waals surface area contributed by atoms with Gasteiger partial charge in [-0.05, 0) is 45.0 Å². The molecule has 2 atom stereocenters. The van der Waals surface area contributed by atoms with E-state index in [1.165, 1.54) is 13.0 Å². The van der Waals surface area contributed by atoms with E-state index in [2.05, 4.69) is 12.2 Å². The highest BCUT2D eigenvalue weighted by molar-refractivity contribution is 5.94. The fourth-order valence-electron chi connectivity index (χ4n) is 3.58. The van der Waals surface area contributed by atoms with Gasteiger partial charge in [0.2, 0.25) is 5.91 Å². The summed E-state index contributed by atoms with van der Waals surface area (Å²) in [6.45, 7) is 6.81. The molecule has 0 spiro atoms. The third kappa shape index (κ3) is 4.67. The summed E-state index contributed by atoms with van der Waals surface area (Å²) < 4.78 is 14.3. The number of carbonyl (C=O) groups is 2. The van der Waals surface area contributed by atoms with Crippen LogP contribution in [0.25, 0.3) is 0 Å². The molecule has 0 aromatic heterocycles. The molecule has 0 aliphatic carbocycles. The minimum atomic E-state index is -0.379. The molecular weight excluding hydrogens is 380 g/mol. The first kappa shape index (κ1) is 22.7. The van der Waals surface area contributed by atoms with E-state index in [9.17, 15) is 14.0 Å². The van der Waals surface area contributed by atoms with Gasteiger partial charge < -0.3 is 15.1 Å². The minimum Gasteiger partial charge on any atom is -0.366 e. The first-order valence-electron chi connectivity index (χ1n) is 8.55. The second-order valence-electron chi connectivity index (χ2n) is 6.67. The quantitative estimate of drug-likeness (QED) is 0.784. The third-order valence-corrected chi connectivity index (χ3v) is 5.13. The van der Waals surface area contributed by atoms with Crippen LogP contribution in [0.1, 0.15) is 30.6 Å². The number of ketones is 1. The number of nitrogens with zero attached hydrogens (tertiary/aromatic N) is 2. The molecule has 3 rings (SSSR count). The van der Waals surface area contributed by atoms with Crippen molar-refractivity contribution in [1.29, 1.82) is 0 Å². The van der Waals surface area contributed by atoms with Gasteiger partial charge in [0.05, 0.1) is 11.6 Å². The minimum absolute atomic E-state index is 0. The van der Waals surface area contributed by atoms with Gasteiger partial charge in [-0.3, -0.25) is 9.59 Å². The maximum Gasteiger partial charge on any atom is 0.227 e. The number of carbonyl (C=O) groups excluding carboxylic acids is 2. The Hall–Kier alpha value is -1.37. The summed E-state index contributed by atoms with van der Waals surface area (Å²) >= 11 is 0. The van der Waals surface area contributed by atoms with Crippen LogP contribution in [-0.4, -0.2) is 55.4 Å². The predicted molar refractivity (Wildman–Crippen MR) is 105 cm³/mol. The van der Waals surface area contributed by atoms with Gasteiger partial charge in [0.1, 0.15) is 5.82 Å². The largest absolute Gasteiger partial charge is 0.366 e. The second-order valence-corrected chi connectivity index (χ2v) is 6.67. The molecule has 2 unspecified atom stereocenters. The Morgan fingerprint density at radius 2 is 1.81 bits per heavy atom. The van der Waals surface area contributed by atoms with Crippen LogP contribution >= 0.6 is 24.8 Å². The van der Waals surface area contributed by atoms with Crippen LogP contribution in [0.3, 0.4) is 0 Å². The molecule has 2 saturated heterocycles. The van der Waals surface area contributed by atoms with Gasteiger partial charge in [-0.25, -0.2) is 4.39 Å². The molecule has 2 aliphatic heterocycles. The normalized spacial score (nSPS) is 22.4. The number of amides is 1. The molecule has 146 valence electrons. The van der Waals surface area contributed by atoms with E-state index in [-0.39, 0.29) is 54.3 Å². The number of anilines is 1. The molecule has 8 heteroatoms. The van der Waals surface area contributed by atoms with Crippen molar-refractivity contribution in [3.8, 4) is 0 Å². The highest BCUT2D eigenvalue weighted by Crippen LogP contribution is 2.24. The van der Waals surface area contributed by atoms with Gasteiger partial charge in [-0.15, -0.1) is 24.8 Å². The number of hydrogen-bond donors (Lipinski definition) is 1. The van der Waals surface area contributed by atoms with Crippen molar-refractivity contribution in [2.24, 2.45) is 5.92 Å². The average Bonchev–Trinajstić information content (AvgIpc) is 3.00. The lowest BCUT2D eigenvalue weighted by Crippen LogP contribution is -2.51. The Morgan fingerprint density at radius 3 is 2.31 bits per heavy atom. The Morgan fingerprint density at radius 1 is 1.15 bits per heavy atom. The zero-order valence-corrected chi connectivity index (χ0v) is 16.7. The van der Waals surface area contributed by atoms with Crippen molar-refractivity contribution in [3.05, 3.63) is 29.6 Å². The van der Waals surface area contributed by atoms with Crippen molar-refractivity contribution in [3.63, 3.8) is 0 Å². The molecule has 1 amide bonds. The summed E-state index contributed by atoms with van der Waals surface area (Å²) in [4.78, 5) is 27.8. The van der Waals surface area contributed by atoms with E-state index in [4.69, 9.17) is 0 Å². The van der Waals surface area contributed by atoms with Gasteiger partial charge in [0.15, 0.2) is 5.78 Å². The molecule has 1 aromatic rings. The fraction of sp³-hybridized carbons (Fsp3) is 0.556. The molecule has 5 nitrogen and oxygen atoms in total. The summed E-state index contributed by atoms with van der Waals surface area (Å²) in [5, 5.41) is 3.31. The van der Waals surface area contributed by atoms with Gasteiger partial charge >= 0.3 is 0 Å². The number of hydrogen-bond acceptors (Lipinski definition) is 4. The summed E-state index contributed by atoms with van der Waals surface area (Å²) in [5.41, 5.74) is 0.885. The number of halogens is 3. The highest BCUT2D eigenvalue weighted by atomic mass is 35.5. The molecular formula is C18H26Cl2FN3O2. The van der Waals surface area contributed by atoms with Gasteiger partial charge in [0.25, 0.3) is 0 Å². The zero-order valence-electron chi connectivity index (χ0n) is 15.0. The number of benzene rings is 1. The lowest BCUT2D eigenvalue weighted by atomic mass is 10.00. The van der Waals surface area contributed by atoms with Crippen molar-refractivity contribution in [2.45, 2.75) is 26.3 Å². The van der Waals surface area contributed by atoms with Crippen LogP contribution in [0.4, 0.5) is 10.1 Å².